The van der Waals surface area contributed by atoms with Crippen LogP contribution in [0.25, 0.3) is 11.0 Å². The number of halogens is 1. The lowest BCUT2D eigenvalue weighted by Gasteiger charge is -2.21. The number of carbonyl (C=O) groups excluding carboxylic acids is 1. The fourth-order valence-electron chi connectivity index (χ4n) is 2.51. The van der Waals surface area contributed by atoms with Crippen molar-refractivity contribution in [2.45, 2.75) is 20.0 Å². The lowest BCUT2D eigenvalue weighted by Crippen LogP contribution is -2.36. The van der Waals surface area contributed by atoms with Crippen molar-refractivity contribution in [2.24, 2.45) is 0 Å². The number of para-hydroxylation sites is 2. The van der Waals surface area contributed by atoms with Crippen molar-refractivity contribution in [1.29, 1.82) is 0 Å². The number of amides is 1. The molecule has 0 aliphatic heterocycles. The number of fused-ring (bicyclic) bond motifs is 1. The monoisotopic (exact) mass is 361 g/mol. The number of likely N-dealkylation sites (N-methyl/N-ethyl adjacent to an activating group) is 1. The van der Waals surface area contributed by atoms with Crippen LogP contribution < -0.4 is 5.56 Å². The van der Waals surface area contributed by atoms with Gasteiger partial charge in [0.25, 0.3) is 5.56 Å². The highest BCUT2D eigenvalue weighted by molar-refractivity contribution is 7.16. The highest BCUT2D eigenvalue weighted by atomic mass is 35.5. The average molecular weight is 362 g/mol. The van der Waals surface area contributed by atoms with Crippen molar-refractivity contribution < 1.29 is 4.79 Å². The molecule has 24 heavy (non-hydrogen) atoms. The van der Waals surface area contributed by atoms with Crippen LogP contribution in [-0.4, -0.2) is 26.9 Å². The summed E-state index contributed by atoms with van der Waals surface area (Å²) in [5.41, 5.74) is 1.07. The minimum atomic E-state index is -0.280. The third-order valence-electron chi connectivity index (χ3n) is 3.76. The zero-order valence-electron chi connectivity index (χ0n) is 13.1. The van der Waals surface area contributed by atoms with Gasteiger partial charge in [0.05, 0.1) is 28.1 Å². The number of benzene rings is 1. The van der Waals surface area contributed by atoms with E-state index in [1.807, 2.05) is 37.3 Å². The smallest absolute Gasteiger partial charge is 0.269 e. The second-order valence-electron chi connectivity index (χ2n) is 5.29. The molecule has 0 saturated heterocycles. The maximum atomic E-state index is 12.7. The molecule has 0 unspecified atom stereocenters. The Hall–Kier alpha value is -2.18. The topological polar surface area (TPSA) is 55.2 Å². The minimum absolute atomic E-state index is 0.00514. The quantitative estimate of drug-likeness (QED) is 0.701. The van der Waals surface area contributed by atoms with Gasteiger partial charge in [-0.3, -0.25) is 14.2 Å². The molecule has 0 N–H and O–H groups in total. The summed E-state index contributed by atoms with van der Waals surface area (Å²) in [6.45, 7) is 2.96. The van der Waals surface area contributed by atoms with Crippen LogP contribution >= 0.6 is 22.9 Å². The molecular formula is C17H16ClN3O2S. The molecule has 0 aliphatic rings. The molecule has 2 heterocycles. The standard InChI is InChI=1S/C17H16ClN3O2S/c1-2-20(10-12-7-8-15(18)24-12)17(23)11-21-14-6-4-3-5-13(14)19-9-16(21)22/h3-9H,2,10-11H2,1H3. The Labute approximate surface area is 148 Å². The van der Waals surface area contributed by atoms with Gasteiger partial charge in [-0.1, -0.05) is 23.7 Å². The van der Waals surface area contributed by atoms with E-state index in [0.717, 1.165) is 4.88 Å². The Balaban J connectivity index is 1.85. The lowest BCUT2D eigenvalue weighted by molar-refractivity contribution is -0.132. The van der Waals surface area contributed by atoms with Gasteiger partial charge in [-0.2, -0.15) is 0 Å². The van der Waals surface area contributed by atoms with Crippen LogP contribution in [0.4, 0.5) is 0 Å². The van der Waals surface area contributed by atoms with Gasteiger partial charge in [0.1, 0.15) is 6.54 Å². The predicted octanol–water partition coefficient (Wildman–Crippen LogP) is 3.16. The van der Waals surface area contributed by atoms with Gasteiger partial charge in [0.15, 0.2) is 0 Å². The van der Waals surface area contributed by atoms with E-state index >= 15 is 0 Å². The van der Waals surface area contributed by atoms with Crippen LogP contribution in [-0.2, 0) is 17.9 Å². The maximum absolute atomic E-state index is 12.7. The van der Waals surface area contributed by atoms with Crippen molar-refractivity contribution in [2.75, 3.05) is 6.54 Å². The third-order valence-corrected chi connectivity index (χ3v) is 4.97. The largest absolute Gasteiger partial charge is 0.336 e. The Bertz CT molecular complexity index is 935. The van der Waals surface area contributed by atoms with Gasteiger partial charge in [0.2, 0.25) is 5.91 Å². The van der Waals surface area contributed by atoms with Crippen molar-refractivity contribution in [3.63, 3.8) is 0 Å². The molecule has 3 rings (SSSR count). The van der Waals surface area contributed by atoms with Crippen molar-refractivity contribution in [3.05, 3.63) is 62.2 Å². The van der Waals surface area contributed by atoms with E-state index in [-0.39, 0.29) is 18.0 Å². The number of hydrogen-bond acceptors (Lipinski definition) is 4. The molecule has 0 spiro atoms. The molecule has 0 aliphatic carbocycles. The molecule has 124 valence electrons. The Morgan fingerprint density at radius 2 is 2.08 bits per heavy atom. The number of hydrogen-bond donors (Lipinski definition) is 0. The molecule has 0 saturated carbocycles. The zero-order valence-corrected chi connectivity index (χ0v) is 14.7. The first-order chi connectivity index (χ1) is 11.6. The summed E-state index contributed by atoms with van der Waals surface area (Å²) in [5, 5.41) is 0. The van der Waals surface area contributed by atoms with E-state index in [2.05, 4.69) is 4.98 Å². The summed E-state index contributed by atoms with van der Waals surface area (Å²) in [7, 11) is 0. The normalized spacial score (nSPS) is 10.9. The predicted molar refractivity (Wildman–Crippen MR) is 96.4 cm³/mol. The Kier molecular flexibility index (Phi) is 4.97. The van der Waals surface area contributed by atoms with Crippen molar-refractivity contribution in [3.8, 4) is 0 Å². The third kappa shape index (κ3) is 3.49. The summed E-state index contributed by atoms with van der Waals surface area (Å²) < 4.78 is 2.17. The van der Waals surface area contributed by atoms with Crippen molar-refractivity contribution >= 4 is 39.9 Å². The number of carbonyl (C=O) groups is 1. The van der Waals surface area contributed by atoms with Gasteiger partial charge in [-0.25, -0.2) is 4.98 Å². The first-order valence-electron chi connectivity index (χ1n) is 7.55. The van der Waals surface area contributed by atoms with Gasteiger partial charge >= 0.3 is 0 Å². The molecule has 1 amide bonds. The first kappa shape index (κ1) is 16.7. The molecule has 0 bridgehead atoms. The molecule has 0 fully saturated rings. The second kappa shape index (κ2) is 7.15. The molecule has 1 aromatic carbocycles. The second-order valence-corrected chi connectivity index (χ2v) is 7.08. The number of aromatic nitrogens is 2. The van der Waals surface area contributed by atoms with Gasteiger partial charge < -0.3 is 4.90 Å². The molecule has 3 aromatic rings. The van der Waals surface area contributed by atoms with E-state index < -0.39 is 0 Å². The molecular weight excluding hydrogens is 346 g/mol. The summed E-state index contributed by atoms with van der Waals surface area (Å²) >= 11 is 7.40. The summed E-state index contributed by atoms with van der Waals surface area (Å²) in [5.74, 6) is -0.111. The van der Waals surface area contributed by atoms with Crippen LogP contribution in [0.5, 0.6) is 0 Å². The van der Waals surface area contributed by atoms with Gasteiger partial charge in [-0.15, -0.1) is 11.3 Å². The first-order valence-corrected chi connectivity index (χ1v) is 8.74. The van der Waals surface area contributed by atoms with E-state index in [9.17, 15) is 9.59 Å². The SMILES string of the molecule is CCN(Cc1ccc(Cl)s1)C(=O)Cn1c(=O)cnc2ccccc21. The molecule has 2 aromatic heterocycles. The lowest BCUT2D eigenvalue weighted by atomic mass is 10.3. The van der Waals surface area contributed by atoms with E-state index in [1.54, 1.807) is 11.0 Å². The summed E-state index contributed by atoms with van der Waals surface area (Å²) in [6, 6.07) is 11.0. The van der Waals surface area contributed by atoms with Crippen LogP contribution in [0.1, 0.15) is 11.8 Å². The van der Waals surface area contributed by atoms with Gasteiger partial charge in [0, 0.05) is 11.4 Å². The molecule has 5 nitrogen and oxygen atoms in total. The van der Waals surface area contributed by atoms with Crippen LogP contribution in [0, 0.1) is 0 Å². The average Bonchev–Trinajstić information content (AvgIpc) is 3.00. The fraction of sp³-hybridized carbons (Fsp3) is 0.235. The van der Waals surface area contributed by atoms with Crippen molar-refractivity contribution in [1.82, 2.24) is 14.5 Å². The van der Waals surface area contributed by atoms with Gasteiger partial charge in [-0.05, 0) is 31.2 Å². The highest BCUT2D eigenvalue weighted by Crippen LogP contribution is 2.22. The number of nitrogens with zero attached hydrogens (tertiary/aromatic N) is 3. The fourth-order valence-corrected chi connectivity index (χ4v) is 3.62. The maximum Gasteiger partial charge on any atom is 0.269 e. The zero-order chi connectivity index (χ0) is 17.1. The molecule has 0 radical (unpaired) electrons. The van der Waals surface area contributed by atoms with E-state index in [0.29, 0.717) is 28.5 Å². The summed E-state index contributed by atoms with van der Waals surface area (Å²) in [6.07, 6.45) is 1.25. The molecule has 0 atom stereocenters. The van der Waals surface area contributed by atoms with Crippen LogP contribution in [0.2, 0.25) is 4.34 Å². The number of thiophene rings is 1. The Morgan fingerprint density at radius 3 is 2.79 bits per heavy atom. The van der Waals surface area contributed by atoms with E-state index in [1.165, 1.54) is 22.1 Å². The van der Waals surface area contributed by atoms with Crippen LogP contribution in [0.15, 0.2) is 47.4 Å². The Morgan fingerprint density at radius 1 is 1.29 bits per heavy atom. The number of rotatable bonds is 5. The minimum Gasteiger partial charge on any atom is -0.336 e. The van der Waals surface area contributed by atoms with Crippen LogP contribution in [0.3, 0.4) is 0 Å². The van der Waals surface area contributed by atoms with E-state index in [4.69, 9.17) is 11.6 Å². The molecule has 7 heteroatoms. The highest BCUT2D eigenvalue weighted by Gasteiger charge is 2.16. The summed E-state index contributed by atoms with van der Waals surface area (Å²) in [4.78, 5) is 31.7.